The molecule has 0 spiro atoms. The van der Waals surface area contributed by atoms with Crippen LogP contribution < -0.4 is 5.32 Å². The van der Waals surface area contributed by atoms with E-state index in [1.54, 1.807) is 12.1 Å². The molecule has 19 heavy (non-hydrogen) atoms. The minimum absolute atomic E-state index is 0.0969. The Balaban J connectivity index is 1.75. The SMILES string of the molecule is Oc1ccc(CNc2ccc3[nH]ccc3c2)cc1O. The number of aromatic amines is 1. The molecule has 0 radical (unpaired) electrons. The van der Waals surface area contributed by atoms with E-state index in [0.29, 0.717) is 6.54 Å². The first-order valence-electron chi connectivity index (χ1n) is 6.04. The third kappa shape index (κ3) is 2.33. The van der Waals surface area contributed by atoms with Crippen molar-refractivity contribution in [3.8, 4) is 11.5 Å². The van der Waals surface area contributed by atoms with Gasteiger partial charge in [-0.15, -0.1) is 0 Å². The second kappa shape index (κ2) is 4.57. The smallest absolute Gasteiger partial charge is 0.157 e. The van der Waals surface area contributed by atoms with E-state index in [1.807, 2.05) is 24.4 Å². The standard InChI is InChI=1S/C15H14N2O2/c18-14-4-1-10(7-15(14)19)9-17-12-2-3-13-11(8-12)5-6-16-13/h1-8,16-19H,9H2. The zero-order valence-electron chi connectivity index (χ0n) is 10.2. The third-order valence-electron chi connectivity index (χ3n) is 3.09. The Bertz CT molecular complexity index is 719. The number of anilines is 1. The summed E-state index contributed by atoms with van der Waals surface area (Å²) in [5.74, 6) is -0.196. The van der Waals surface area contributed by atoms with Crippen molar-refractivity contribution in [2.45, 2.75) is 6.54 Å². The molecule has 96 valence electrons. The van der Waals surface area contributed by atoms with Gasteiger partial charge < -0.3 is 20.5 Å². The summed E-state index contributed by atoms with van der Waals surface area (Å²) in [6.07, 6.45) is 1.91. The molecule has 2 aromatic carbocycles. The number of aromatic hydroxyl groups is 2. The molecule has 0 fully saturated rings. The Labute approximate surface area is 110 Å². The fourth-order valence-electron chi connectivity index (χ4n) is 2.05. The lowest BCUT2D eigenvalue weighted by Crippen LogP contribution is -1.98. The van der Waals surface area contributed by atoms with Crippen molar-refractivity contribution in [1.29, 1.82) is 0 Å². The average Bonchev–Trinajstić information content (AvgIpc) is 2.87. The van der Waals surface area contributed by atoms with Crippen LogP contribution in [-0.4, -0.2) is 15.2 Å². The number of rotatable bonds is 3. The van der Waals surface area contributed by atoms with Crippen LogP contribution in [0.3, 0.4) is 0 Å². The monoisotopic (exact) mass is 254 g/mol. The van der Waals surface area contributed by atoms with Crippen molar-refractivity contribution in [3.63, 3.8) is 0 Å². The predicted octanol–water partition coefficient (Wildman–Crippen LogP) is 3.19. The van der Waals surface area contributed by atoms with Crippen LogP contribution in [0.5, 0.6) is 11.5 Å². The zero-order chi connectivity index (χ0) is 13.2. The van der Waals surface area contributed by atoms with Crippen molar-refractivity contribution in [2.24, 2.45) is 0 Å². The highest BCUT2D eigenvalue weighted by molar-refractivity contribution is 5.82. The Morgan fingerprint density at radius 2 is 1.84 bits per heavy atom. The van der Waals surface area contributed by atoms with Crippen LogP contribution in [0.2, 0.25) is 0 Å². The van der Waals surface area contributed by atoms with Crippen molar-refractivity contribution in [1.82, 2.24) is 4.98 Å². The van der Waals surface area contributed by atoms with E-state index in [1.165, 1.54) is 6.07 Å². The lowest BCUT2D eigenvalue weighted by molar-refractivity contribution is 0.403. The molecule has 1 heterocycles. The van der Waals surface area contributed by atoms with Crippen molar-refractivity contribution in [2.75, 3.05) is 5.32 Å². The van der Waals surface area contributed by atoms with E-state index in [0.717, 1.165) is 22.2 Å². The Kier molecular flexibility index (Phi) is 2.76. The topological polar surface area (TPSA) is 68.3 Å². The molecule has 0 aliphatic rings. The van der Waals surface area contributed by atoms with Gasteiger partial charge in [0.1, 0.15) is 0 Å². The van der Waals surface area contributed by atoms with Crippen LogP contribution in [0.1, 0.15) is 5.56 Å². The largest absolute Gasteiger partial charge is 0.504 e. The van der Waals surface area contributed by atoms with Crippen molar-refractivity contribution < 1.29 is 10.2 Å². The molecule has 0 aliphatic heterocycles. The summed E-state index contributed by atoms with van der Waals surface area (Å²) >= 11 is 0. The molecule has 0 saturated carbocycles. The van der Waals surface area contributed by atoms with Gasteiger partial charge in [0, 0.05) is 29.3 Å². The number of hydrogen-bond acceptors (Lipinski definition) is 3. The quantitative estimate of drug-likeness (QED) is 0.543. The molecule has 0 aliphatic carbocycles. The van der Waals surface area contributed by atoms with E-state index in [9.17, 15) is 10.2 Å². The lowest BCUT2D eigenvalue weighted by Gasteiger charge is -2.07. The molecule has 0 atom stereocenters. The molecule has 1 aromatic heterocycles. The second-order valence-corrected chi connectivity index (χ2v) is 4.46. The highest BCUT2D eigenvalue weighted by Gasteiger charge is 2.01. The van der Waals surface area contributed by atoms with Gasteiger partial charge in [-0.1, -0.05) is 6.07 Å². The highest BCUT2D eigenvalue weighted by atomic mass is 16.3. The number of H-pyrrole nitrogens is 1. The van der Waals surface area contributed by atoms with Crippen LogP contribution >= 0.6 is 0 Å². The normalized spacial score (nSPS) is 10.7. The summed E-state index contributed by atoms with van der Waals surface area (Å²) in [5, 5.41) is 23.1. The van der Waals surface area contributed by atoms with Crippen molar-refractivity contribution >= 4 is 16.6 Å². The van der Waals surface area contributed by atoms with Gasteiger partial charge >= 0.3 is 0 Å². The maximum absolute atomic E-state index is 9.43. The molecule has 3 aromatic rings. The minimum Gasteiger partial charge on any atom is -0.504 e. The molecule has 4 N–H and O–H groups in total. The van der Waals surface area contributed by atoms with E-state index >= 15 is 0 Å². The van der Waals surface area contributed by atoms with E-state index in [2.05, 4.69) is 16.4 Å². The second-order valence-electron chi connectivity index (χ2n) is 4.46. The fourth-order valence-corrected chi connectivity index (χ4v) is 2.05. The molecule has 0 saturated heterocycles. The van der Waals surface area contributed by atoms with Gasteiger partial charge in [0.15, 0.2) is 11.5 Å². The summed E-state index contributed by atoms with van der Waals surface area (Å²) in [6, 6.07) is 12.9. The summed E-state index contributed by atoms with van der Waals surface area (Å²) in [4.78, 5) is 3.15. The van der Waals surface area contributed by atoms with Gasteiger partial charge in [-0.25, -0.2) is 0 Å². The first-order chi connectivity index (χ1) is 9.22. The van der Waals surface area contributed by atoms with Crippen LogP contribution in [0, 0.1) is 0 Å². The van der Waals surface area contributed by atoms with Crippen LogP contribution in [-0.2, 0) is 6.54 Å². The molecule has 3 rings (SSSR count). The van der Waals surface area contributed by atoms with Crippen LogP contribution in [0.4, 0.5) is 5.69 Å². The van der Waals surface area contributed by atoms with Gasteiger partial charge in [0.2, 0.25) is 0 Å². The summed E-state index contributed by atoms with van der Waals surface area (Å²) in [5.41, 5.74) is 3.02. The van der Waals surface area contributed by atoms with E-state index < -0.39 is 0 Å². The predicted molar refractivity (Wildman–Crippen MR) is 75.4 cm³/mol. The molecular weight excluding hydrogens is 240 g/mol. The Hall–Kier alpha value is -2.62. The number of hydrogen-bond donors (Lipinski definition) is 4. The zero-order valence-corrected chi connectivity index (χ0v) is 10.2. The molecule has 0 bridgehead atoms. The molecule has 0 unspecified atom stereocenters. The van der Waals surface area contributed by atoms with Gasteiger partial charge in [0.05, 0.1) is 0 Å². The maximum Gasteiger partial charge on any atom is 0.157 e. The Morgan fingerprint density at radius 3 is 2.68 bits per heavy atom. The highest BCUT2D eigenvalue weighted by Crippen LogP contribution is 2.25. The number of phenols is 2. The number of aromatic nitrogens is 1. The van der Waals surface area contributed by atoms with Gasteiger partial charge in [-0.05, 0) is 42.0 Å². The summed E-state index contributed by atoms with van der Waals surface area (Å²) in [6.45, 7) is 0.587. The van der Waals surface area contributed by atoms with Gasteiger partial charge in [-0.3, -0.25) is 0 Å². The van der Waals surface area contributed by atoms with Gasteiger partial charge in [-0.2, -0.15) is 0 Å². The molecule has 4 heteroatoms. The molecule has 4 nitrogen and oxygen atoms in total. The third-order valence-corrected chi connectivity index (χ3v) is 3.09. The summed E-state index contributed by atoms with van der Waals surface area (Å²) < 4.78 is 0. The lowest BCUT2D eigenvalue weighted by atomic mass is 10.2. The maximum atomic E-state index is 9.43. The first kappa shape index (κ1) is 11.5. The van der Waals surface area contributed by atoms with Crippen LogP contribution in [0.15, 0.2) is 48.7 Å². The number of nitrogens with one attached hydrogen (secondary N) is 2. The molecule has 0 amide bonds. The Morgan fingerprint density at radius 1 is 0.947 bits per heavy atom. The first-order valence-corrected chi connectivity index (χ1v) is 6.04. The average molecular weight is 254 g/mol. The van der Waals surface area contributed by atoms with Crippen LogP contribution in [0.25, 0.3) is 10.9 Å². The van der Waals surface area contributed by atoms with E-state index in [-0.39, 0.29) is 11.5 Å². The molecular formula is C15H14N2O2. The fraction of sp³-hybridized carbons (Fsp3) is 0.0667. The number of phenolic OH excluding ortho intramolecular Hbond substituents is 2. The van der Waals surface area contributed by atoms with Crippen molar-refractivity contribution in [3.05, 3.63) is 54.2 Å². The number of fused-ring (bicyclic) bond motifs is 1. The van der Waals surface area contributed by atoms with E-state index in [4.69, 9.17) is 0 Å². The summed E-state index contributed by atoms with van der Waals surface area (Å²) in [7, 11) is 0. The number of benzene rings is 2. The minimum atomic E-state index is -0.0995. The van der Waals surface area contributed by atoms with Gasteiger partial charge in [0.25, 0.3) is 0 Å².